The number of nitrogens with zero attached hydrogens (tertiary/aromatic N) is 2. The van der Waals surface area contributed by atoms with E-state index in [1.54, 1.807) is 7.11 Å². The van der Waals surface area contributed by atoms with Crippen LogP contribution in [0.4, 0.5) is 5.69 Å². The summed E-state index contributed by atoms with van der Waals surface area (Å²) in [5, 5.41) is 3.55. The topological polar surface area (TPSA) is 73.2 Å². The van der Waals surface area contributed by atoms with Crippen LogP contribution >= 0.6 is 11.8 Å². The molecule has 1 spiro atoms. The smallest absolute Gasteiger partial charge is 0.258 e. The quantitative estimate of drug-likeness (QED) is 0.284. The normalized spacial score (nSPS) is 15.6. The van der Waals surface area contributed by atoms with E-state index in [-0.39, 0.29) is 22.6 Å². The van der Waals surface area contributed by atoms with E-state index in [9.17, 15) is 9.59 Å². The van der Waals surface area contributed by atoms with E-state index in [0.717, 1.165) is 61.8 Å². The van der Waals surface area contributed by atoms with Crippen molar-refractivity contribution in [3.63, 3.8) is 0 Å². The molecule has 0 saturated heterocycles. The molecule has 2 aliphatic carbocycles. The number of fused-ring (bicyclic) bond motifs is 4. The maximum absolute atomic E-state index is 14.2. The zero-order chi connectivity index (χ0) is 25.8. The largest absolute Gasteiger partial charge is 0.495 e. The molecule has 1 heterocycles. The van der Waals surface area contributed by atoms with E-state index in [2.05, 4.69) is 30.4 Å². The van der Waals surface area contributed by atoms with Crippen LogP contribution in [0.25, 0.3) is 11.3 Å². The maximum Gasteiger partial charge on any atom is 0.258 e. The van der Waals surface area contributed by atoms with E-state index in [1.807, 2.05) is 34.9 Å². The summed E-state index contributed by atoms with van der Waals surface area (Å²) in [6, 6.07) is 15.7. The highest BCUT2D eigenvalue weighted by atomic mass is 32.2. The first-order chi connectivity index (χ1) is 18.1. The first-order valence-corrected chi connectivity index (χ1v) is 14.3. The predicted octanol–water partition coefficient (Wildman–Crippen LogP) is 6.21. The number of unbranched alkanes of at least 4 members (excludes halogenated alkanes) is 1. The van der Waals surface area contributed by atoms with Gasteiger partial charge in [0.15, 0.2) is 5.16 Å². The fraction of sp³-hybridized carbons (Fsp3) is 0.433. The van der Waals surface area contributed by atoms with Gasteiger partial charge in [-0.25, -0.2) is 4.98 Å². The fourth-order valence-corrected chi connectivity index (χ4v) is 6.73. The monoisotopic (exact) mass is 517 g/mol. The molecule has 6 nitrogen and oxygen atoms in total. The minimum absolute atomic E-state index is 0.0856. The standard InChI is InChI=1S/C30H35N3O3S/c1-3-4-18-33-28(35)26-27(22-13-7-6-12-21(22)19-30(26)16-10-5-11-17-30)32-29(33)37-20-25(34)31-23-14-8-9-15-24(23)36-2/h6-9,12-15H,3-5,10-11,16-20H2,1-2H3,(H,31,34). The van der Waals surface area contributed by atoms with Crippen LogP contribution in [0.3, 0.4) is 0 Å². The average Bonchev–Trinajstić information content (AvgIpc) is 2.92. The van der Waals surface area contributed by atoms with Gasteiger partial charge in [-0.05, 0) is 43.4 Å². The minimum Gasteiger partial charge on any atom is -0.495 e. The number of ether oxygens (including phenoxy) is 1. The van der Waals surface area contributed by atoms with Crippen molar-refractivity contribution in [2.45, 2.75) is 75.4 Å². The van der Waals surface area contributed by atoms with Crippen LogP contribution in [0, 0.1) is 0 Å². The lowest BCUT2D eigenvalue weighted by Crippen LogP contribution is -2.43. The summed E-state index contributed by atoms with van der Waals surface area (Å²) in [5.74, 6) is 0.608. The van der Waals surface area contributed by atoms with Gasteiger partial charge in [0.2, 0.25) is 5.91 Å². The van der Waals surface area contributed by atoms with Crippen LogP contribution in [0.5, 0.6) is 5.75 Å². The molecule has 37 heavy (non-hydrogen) atoms. The lowest BCUT2D eigenvalue weighted by Gasteiger charge is -2.42. The lowest BCUT2D eigenvalue weighted by atomic mass is 9.62. The summed E-state index contributed by atoms with van der Waals surface area (Å²) in [6.07, 6.45) is 8.38. The molecule has 0 radical (unpaired) electrons. The molecule has 194 valence electrons. The van der Waals surface area contributed by atoms with Crippen molar-refractivity contribution in [3.8, 4) is 17.0 Å². The summed E-state index contributed by atoms with van der Waals surface area (Å²) >= 11 is 1.33. The molecule has 0 unspecified atom stereocenters. The number of thioether (sulfide) groups is 1. The molecular formula is C30H35N3O3S. The molecule has 2 aliphatic rings. The van der Waals surface area contributed by atoms with E-state index in [0.29, 0.717) is 23.1 Å². The number of hydrogen-bond donors (Lipinski definition) is 1. The lowest BCUT2D eigenvalue weighted by molar-refractivity contribution is -0.113. The third-order valence-corrected chi connectivity index (χ3v) is 8.70. The first kappa shape index (κ1) is 25.6. The van der Waals surface area contributed by atoms with Crippen molar-refractivity contribution >= 4 is 23.4 Å². The number of aromatic nitrogens is 2. The number of nitrogens with one attached hydrogen (secondary N) is 1. The highest BCUT2D eigenvalue weighted by molar-refractivity contribution is 7.99. The van der Waals surface area contributed by atoms with Crippen molar-refractivity contribution in [2.75, 3.05) is 18.2 Å². The van der Waals surface area contributed by atoms with Gasteiger partial charge in [0.05, 0.1) is 29.8 Å². The van der Waals surface area contributed by atoms with Crippen LogP contribution in [-0.4, -0.2) is 28.3 Å². The third kappa shape index (κ3) is 5.06. The van der Waals surface area contributed by atoms with Crippen molar-refractivity contribution < 1.29 is 9.53 Å². The van der Waals surface area contributed by atoms with Crippen molar-refractivity contribution in [3.05, 3.63) is 70.0 Å². The van der Waals surface area contributed by atoms with Crippen LogP contribution < -0.4 is 15.6 Å². The summed E-state index contributed by atoms with van der Waals surface area (Å²) in [7, 11) is 1.58. The Morgan fingerprint density at radius 2 is 1.86 bits per heavy atom. The van der Waals surface area contributed by atoms with Crippen LogP contribution in [0.1, 0.15) is 63.0 Å². The van der Waals surface area contributed by atoms with Gasteiger partial charge in [0.25, 0.3) is 5.56 Å². The van der Waals surface area contributed by atoms with Crippen molar-refractivity contribution in [1.29, 1.82) is 0 Å². The zero-order valence-corrected chi connectivity index (χ0v) is 22.5. The Bertz CT molecular complexity index is 1340. The molecule has 1 aromatic heterocycles. The molecule has 7 heteroatoms. The molecule has 3 aromatic rings. The molecule has 5 rings (SSSR count). The highest BCUT2D eigenvalue weighted by Gasteiger charge is 2.43. The molecule has 1 N–H and O–H groups in total. The van der Waals surface area contributed by atoms with E-state index in [4.69, 9.17) is 9.72 Å². The number of amides is 1. The number of hydrogen-bond acceptors (Lipinski definition) is 5. The molecule has 0 bridgehead atoms. The first-order valence-electron chi connectivity index (χ1n) is 13.4. The van der Waals surface area contributed by atoms with Crippen LogP contribution in [0.15, 0.2) is 58.5 Å². The molecule has 0 aliphatic heterocycles. The van der Waals surface area contributed by atoms with E-state index < -0.39 is 0 Å². The predicted molar refractivity (Wildman–Crippen MR) is 150 cm³/mol. The number of carbonyl (C=O) groups excluding carboxylic acids is 1. The second-order valence-electron chi connectivity index (χ2n) is 10.1. The Morgan fingerprint density at radius 3 is 2.65 bits per heavy atom. The molecule has 1 amide bonds. The van der Waals surface area contributed by atoms with Crippen molar-refractivity contribution in [1.82, 2.24) is 9.55 Å². The summed E-state index contributed by atoms with van der Waals surface area (Å²) < 4.78 is 7.20. The maximum atomic E-state index is 14.2. The van der Waals surface area contributed by atoms with Crippen LogP contribution in [-0.2, 0) is 23.2 Å². The second kappa shape index (κ2) is 11.1. The van der Waals surface area contributed by atoms with Gasteiger partial charge in [0.1, 0.15) is 5.75 Å². The van der Waals surface area contributed by atoms with Crippen LogP contribution in [0.2, 0.25) is 0 Å². The third-order valence-electron chi connectivity index (χ3n) is 7.73. The molecule has 1 fully saturated rings. The number of carbonyl (C=O) groups is 1. The van der Waals surface area contributed by atoms with Gasteiger partial charge in [-0.3, -0.25) is 14.2 Å². The number of methoxy groups -OCH3 is 1. The van der Waals surface area contributed by atoms with Gasteiger partial charge in [0, 0.05) is 17.5 Å². The van der Waals surface area contributed by atoms with E-state index in [1.165, 1.54) is 23.7 Å². The second-order valence-corrected chi connectivity index (χ2v) is 11.1. The van der Waals surface area contributed by atoms with Gasteiger partial charge in [-0.15, -0.1) is 0 Å². The van der Waals surface area contributed by atoms with Gasteiger partial charge in [-0.1, -0.05) is 80.8 Å². The van der Waals surface area contributed by atoms with Gasteiger partial charge < -0.3 is 10.1 Å². The average molecular weight is 518 g/mol. The minimum atomic E-state index is -0.160. The van der Waals surface area contributed by atoms with Gasteiger partial charge in [-0.2, -0.15) is 0 Å². The fourth-order valence-electron chi connectivity index (χ4n) is 5.91. The highest BCUT2D eigenvalue weighted by Crippen LogP contribution is 2.48. The number of benzene rings is 2. The van der Waals surface area contributed by atoms with E-state index >= 15 is 0 Å². The SMILES string of the molecule is CCCCn1c(SCC(=O)Nc2ccccc2OC)nc2c(c1=O)C1(CCCCC1)Cc1ccccc1-2. The number of para-hydroxylation sites is 2. The zero-order valence-electron chi connectivity index (χ0n) is 21.7. The van der Waals surface area contributed by atoms with Gasteiger partial charge >= 0.3 is 0 Å². The molecule has 1 saturated carbocycles. The Balaban J connectivity index is 1.52. The Labute approximate surface area is 222 Å². The molecule has 0 atom stereocenters. The Morgan fingerprint density at radius 1 is 1.11 bits per heavy atom. The Hall–Kier alpha value is -3.06. The molecular weight excluding hydrogens is 482 g/mol. The van der Waals surface area contributed by atoms with Crippen molar-refractivity contribution in [2.24, 2.45) is 0 Å². The molecule has 2 aromatic carbocycles. The Kier molecular flexibility index (Phi) is 7.70. The number of anilines is 1. The summed E-state index contributed by atoms with van der Waals surface area (Å²) in [4.78, 5) is 32.3. The summed E-state index contributed by atoms with van der Waals surface area (Å²) in [6.45, 7) is 2.74. The summed E-state index contributed by atoms with van der Waals surface area (Å²) in [5.41, 5.74) is 4.66. The number of rotatable bonds is 8.